The minimum absolute atomic E-state index is 0.296. The maximum Gasteiger partial charge on any atom is 0.364 e. The highest BCUT2D eigenvalue weighted by molar-refractivity contribution is 5.76. The molecule has 1 rings (SSSR count). The quantitative estimate of drug-likeness (QED) is 0.295. The van der Waals surface area contributed by atoms with Crippen LogP contribution in [0.3, 0.4) is 0 Å². The molecule has 6 atom stereocenters. The van der Waals surface area contributed by atoms with E-state index in [1.54, 1.807) is 0 Å². The van der Waals surface area contributed by atoms with Crippen LogP contribution in [0.15, 0.2) is 0 Å². The van der Waals surface area contributed by atoms with Crippen LogP contribution in [0.5, 0.6) is 0 Å². The first kappa shape index (κ1) is 18.7. The van der Waals surface area contributed by atoms with E-state index in [9.17, 15) is 30.0 Å². The molecule has 22 heavy (non-hydrogen) atoms. The lowest BCUT2D eigenvalue weighted by molar-refractivity contribution is -0.295. The molecule has 0 radical (unpaired) electrons. The zero-order valence-electron chi connectivity index (χ0n) is 12.2. The third-order valence-corrected chi connectivity index (χ3v) is 3.36. The van der Waals surface area contributed by atoms with E-state index in [2.05, 4.69) is 10.1 Å². The van der Waals surface area contributed by atoms with Crippen LogP contribution in [0.2, 0.25) is 0 Å². The molecule has 0 spiro atoms. The minimum atomic E-state index is -2.74. The number of carboxylic acids is 1. The summed E-state index contributed by atoms with van der Waals surface area (Å²) in [7, 11) is 1.27. The van der Waals surface area contributed by atoms with Gasteiger partial charge in [0, 0.05) is 20.5 Å². The molecule has 1 amide bonds. The normalized spacial score (nSPS) is 34.7. The number of methoxy groups -OCH3 is 1. The van der Waals surface area contributed by atoms with Crippen LogP contribution in [0.1, 0.15) is 13.3 Å². The van der Waals surface area contributed by atoms with Crippen molar-refractivity contribution in [3.8, 4) is 0 Å². The number of rotatable bonds is 6. The molecule has 0 aromatic carbocycles. The van der Waals surface area contributed by atoms with Crippen LogP contribution in [0.4, 0.5) is 0 Å². The molecule has 1 saturated heterocycles. The van der Waals surface area contributed by atoms with Gasteiger partial charge >= 0.3 is 5.97 Å². The van der Waals surface area contributed by atoms with Gasteiger partial charge in [-0.05, 0) is 0 Å². The molecule has 0 aromatic heterocycles. The van der Waals surface area contributed by atoms with Gasteiger partial charge in [0.25, 0.3) is 5.79 Å². The third kappa shape index (κ3) is 4.12. The number of aliphatic hydroxyl groups is 4. The van der Waals surface area contributed by atoms with Gasteiger partial charge in [-0.25, -0.2) is 4.79 Å². The number of carbonyl (C=O) groups excluding carboxylic acids is 1. The van der Waals surface area contributed by atoms with Gasteiger partial charge in [-0.2, -0.15) is 0 Å². The number of carboxylic acid groups (broad SMARTS) is 1. The molecular weight excluding hydrogens is 302 g/mol. The Balaban J connectivity index is 3.05. The molecule has 1 unspecified atom stereocenters. The van der Waals surface area contributed by atoms with E-state index in [0.29, 0.717) is 0 Å². The van der Waals surface area contributed by atoms with Crippen LogP contribution in [0.25, 0.3) is 0 Å². The predicted molar refractivity (Wildman–Crippen MR) is 69.6 cm³/mol. The molecule has 1 heterocycles. The molecular formula is C12H21NO9. The standard InChI is InChI=1S/C12H21NO9/c1-5(14)13-8-6(15)3-12(20,11(18)19)22-10(8)9(17)7(16)4-21-2/h6-10,15-17,20H,3-4H2,1-2H3,(H,13,14)(H,18,19)/t6-,7+,8+,9+,10+,12?/m0/s1. The highest BCUT2D eigenvalue weighted by atomic mass is 16.7. The van der Waals surface area contributed by atoms with Crippen molar-refractivity contribution in [2.75, 3.05) is 13.7 Å². The summed E-state index contributed by atoms with van der Waals surface area (Å²) in [5, 5.41) is 51.0. The van der Waals surface area contributed by atoms with Crippen LogP contribution in [0, 0.1) is 0 Å². The average Bonchev–Trinajstić information content (AvgIpc) is 2.40. The Morgan fingerprint density at radius 2 is 2.05 bits per heavy atom. The van der Waals surface area contributed by atoms with E-state index in [4.69, 9.17) is 9.84 Å². The molecule has 10 heteroatoms. The highest BCUT2D eigenvalue weighted by Gasteiger charge is 2.53. The summed E-state index contributed by atoms with van der Waals surface area (Å²) in [6.07, 6.45) is -6.96. The lowest BCUT2D eigenvalue weighted by atomic mass is 9.88. The topological polar surface area (TPSA) is 166 Å². The summed E-state index contributed by atoms with van der Waals surface area (Å²) >= 11 is 0. The summed E-state index contributed by atoms with van der Waals surface area (Å²) in [6, 6.07) is -1.21. The van der Waals surface area contributed by atoms with Crippen molar-refractivity contribution in [2.24, 2.45) is 0 Å². The third-order valence-electron chi connectivity index (χ3n) is 3.36. The smallest absolute Gasteiger partial charge is 0.364 e. The minimum Gasteiger partial charge on any atom is -0.477 e. The van der Waals surface area contributed by atoms with Crippen molar-refractivity contribution in [1.29, 1.82) is 0 Å². The van der Waals surface area contributed by atoms with Crippen molar-refractivity contribution in [1.82, 2.24) is 5.32 Å². The van der Waals surface area contributed by atoms with E-state index in [-0.39, 0.29) is 6.61 Å². The predicted octanol–water partition coefficient (Wildman–Crippen LogP) is -3.22. The summed E-state index contributed by atoms with van der Waals surface area (Å²) in [5.74, 6) is -5.06. The van der Waals surface area contributed by atoms with Crippen molar-refractivity contribution < 1.29 is 44.6 Å². The Kier molecular flexibility index (Phi) is 6.23. The first-order valence-electron chi connectivity index (χ1n) is 6.56. The number of amides is 1. The summed E-state index contributed by atoms with van der Waals surface area (Å²) in [4.78, 5) is 22.3. The molecule has 0 saturated carbocycles. The van der Waals surface area contributed by atoms with Gasteiger partial charge in [-0.15, -0.1) is 0 Å². The number of carbonyl (C=O) groups is 2. The van der Waals surface area contributed by atoms with E-state index in [1.165, 1.54) is 7.11 Å². The summed E-state index contributed by atoms with van der Waals surface area (Å²) in [6.45, 7) is 0.856. The number of ether oxygens (including phenoxy) is 2. The fraction of sp³-hybridized carbons (Fsp3) is 0.833. The van der Waals surface area contributed by atoms with Crippen LogP contribution in [-0.2, 0) is 19.1 Å². The second kappa shape index (κ2) is 7.31. The first-order chi connectivity index (χ1) is 10.1. The average molecular weight is 323 g/mol. The number of nitrogens with one attached hydrogen (secondary N) is 1. The van der Waals surface area contributed by atoms with Crippen molar-refractivity contribution in [2.45, 2.75) is 49.6 Å². The number of hydrogen-bond acceptors (Lipinski definition) is 8. The number of aliphatic hydroxyl groups excluding tert-OH is 3. The van der Waals surface area contributed by atoms with Crippen molar-refractivity contribution in [3.05, 3.63) is 0 Å². The molecule has 1 fully saturated rings. The zero-order chi connectivity index (χ0) is 17.1. The SMILES string of the molecule is COC[C@@H](O)[C@@H](O)[C@@H]1OC(O)(C(=O)O)C[C@H](O)[C@H]1NC(C)=O. The molecule has 0 aliphatic carbocycles. The second-order valence-corrected chi connectivity index (χ2v) is 5.18. The Morgan fingerprint density at radius 3 is 2.50 bits per heavy atom. The van der Waals surface area contributed by atoms with Gasteiger partial charge in [0.15, 0.2) is 0 Å². The number of aliphatic carboxylic acids is 1. The molecule has 1 aliphatic heterocycles. The molecule has 10 nitrogen and oxygen atoms in total. The fourth-order valence-electron chi connectivity index (χ4n) is 2.30. The lowest BCUT2D eigenvalue weighted by Crippen LogP contribution is -2.67. The maximum atomic E-state index is 11.2. The molecule has 0 aromatic rings. The van der Waals surface area contributed by atoms with Crippen LogP contribution < -0.4 is 5.32 Å². The Bertz CT molecular complexity index is 417. The molecule has 0 bridgehead atoms. The Morgan fingerprint density at radius 1 is 1.45 bits per heavy atom. The van der Waals surface area contributed by atoms with E-state index < -0.39 is 54.5 Å². The number of hydrogen-bond donors (Lipinski definition) is 6. The highest BCUT2D eigenvalue weighted by Crippen LogP contribution is 2.30. The Labute approximate surface area is 126 Å². The summed E-state index contributed by atoms with van der Waals surface area (Å²) in [5.41, 5.74) is 0. The van der Waals surface area contributed by atoms with E-state index in [0.717, 1.165) is 6.92 Å². The molecule has 1 aliphatic rings. The van der Waals surface area contributed by atoms with E-state index >= 15 is 0 Å². The van der Waals surface area contributed by atoms with Gasteiger partial charge in [-0.3, -0.25) is 4.79 Å². The first-order valence-corrected chi connectivity index (χ1v) is 6.56. The van der Waals surface area contributed by atoms with Crippen molar-refractivity contribution in [3.63, 3.8) is 0 Å². The zero-order valence-corrected chi connectivity index (χ0v) is 12.2. The summed E-state index contributed by atoms with van der Waals surface area (Å²) < 4.78 is 9.63. The molecule has 128 valence electrons. The largest absolute Gasteiger partial charge is 0.477 e. The fourth-order valence-corrected chi connectivity index (χ4v) is 2.30. The maximum absolute atomic E-state index is 11.2. The molecule has 6 N–H and O–H groups in total. The second-order valence-electron chi connectivity index (χ2n) is 5.18. The Hall–Kier alpha value is -1.30. The van der Waals surface area contributed by atoms with Gasteiger partial charge in [0.2, 0.25) is 5.91 Å². The van der Waals surface area contributed by atoms with Gasteiger partial charge in [0.05, 0.1) is 18.8 Å². The monoisotopic (exact) mass is 323 g/mol. The van der Waals surface area contributed by atoms with E-state index in [1.807, 2.05) is 0 Å². The van der Waals surface area contributed by atoms with Gasteiger partial charge in [-0.1, -0.05) is 0 Å². The lowest BCUT2D eigenvalue weighted by Gasteiger charge is -2.44. The van der Waals surface area contributed by atoms with Crippen LogP contribution in [-0.4, -0.2) is 87.4 Å². The van der Waals surface area contributed by atoms with Gasteiger partial charge < -0.3 is 40.3 Å². The van der Waals surface area contributed by atoms with Gasteiger partial charge in [0.1, 0.15) is 18.3 Å². The van der Waals surface area contributed by atoms with Crippen molar-refractivity contribution >= 4 is 11.9 Å². The van der Waals surface area contributed by atoms with Crippen LogP contribution >= 0.6 is 0 Å².